The first-order valence-electron chi connectivity index (χ1n) is 7.35. The number of carbonyl (C=O) groups excluding carboxylic acids is 1. The predicted octanol–water partition coefficient (Wildman–Crippen LogP) is 1.90. The molecule has 5 nitrogen and oxygen atoms in total. The van der Waals surface area contributed by atoms with E-state index in [-0.39, 0.29) is 12.4 Å². The van der Waals surface area contributed by atoms with Gasteiger partial charge in [-0.1, -0.05) is 0 Å². The number of nitrogens with one attached hydrogen (secondary N) is 1. The molecule has 0 aromatic carbocycles. The Morgan fingerprint density at radius 3 is 3.15 bits per heavy atom. The second kappa shape index (κ2) is 6.10. The first-order chi connectivity index (χ1) is 9.74. The van der Waals surface area contributed by atoms with Crippen molar-refractivity contribution in [2.24, 2.45) is 0 Å². The predicted molar refractivity (Wildman–Crippen MR) is 79.1 cm³/mol. The number of anilines is 1. The Bertz CT molecular complexity index is 473. The van der Waals surface area contributed by atoms with Crippen LogP contribution in [0.5, 0.6) is 0 Å². The van der Waals surface area contributed by atoms with Crippen molar-refractivity contribution in [3.63, 3.8) is 0 Å². The van der Waals surface area contributed by atoms with E-state index in [4.69, 9.17) is 4.74 Å². The highest BCUT2D eigenvalue weighted by Gasteiger charge is 2.34. The second-order valence-corrected chi connectivity index (χ2v) is 6.34. The lowest BCUT2D eigenvalue weighted by Crippen LogP contribution is -2.27. The Morgan fingerprint density at radius 2 is 2.40 bits per heavy atom. The molecule has 1 aromatic heterocycles. The number of esters is 1. The Hall–Kier alpha value is -1.14. The summed E-state index contributed by atoms with van der Waals surface area (Å²) >= 11 is 1.57. The van der Waals surface area contributed by atoms with E-state index in [2.05, 4.69) is 15.2 Å². The molecule has 2 heterocycles. The van der Waals surface area contributed by atoms with Crippen LogP contribution in [0, 0.1) is 0 Å². The summed E-state index contributed by atoms with van der Waals surface area (Å²) in [7, 11) is 0. The van der Waals surface area contributed by atoms with E-state index in [9.17, 15) is 4.79 Å². The Balaban J connectivity index is 1.48. The Morgan fingerprint density at radius 1 is 1.55 bits per heavy atom. The molecule has 0 spiro atoms. The third-order valence-corrected chi connectivity index (χ3v) is 4.62. The lowest BCUT2D eigenvalue weighted by Gasteiger charge is -2.15. The van der Waals surface area contributed by atoms with Gasteiger partial charge < -0.3 is 10.1 Å². The van der Waals surface area contributed by atoms with Crippen LogP contribution in [-0.4, -0.2) is 47.6 Å². The zero-order chi connectivity index (χ0) is 13.9. The van der Waals surface area contributed by atoms with Gasteiger partial charge in [-0.25, -0.2) is 4.98 Å². The van der Waals surface area contributed by atoms with Crippen LogP contribution < -0.4 is 5.32 Å². The van der Waals surface area contributed by atoms with Crippen molar-refractivity contribution in [1.82, 2.24) is 9.88 Å². The van der Waals surface area contributed by atoms with E-state index in [1.807, 2.05) is 12.3 Å². The van der Waals surface area contributed by atoms with Gasteiger partial charge in [-0.15, -0.1) is 11.3 Å². The SMILES string of the molecule is CCOC(=O)Cc1csc(NC2CCN(C3CC3)C2)n1. The quantitative estimate of drug-likeness (QED) is 0.812. The van der Waals surface area contributed by atoms with Crippen LogP contribution in [0.4, 0.5) is 5.13 Å². The molecule has 1 saturated carbocycles. The topological polar surface area (TPSA) is 54.5 Å². The van der Waals surface area contributed by atoms with Gasteiger partial charge in [0.25, 0.3) is 0 Å². The standard InChI is InChI=1S/C14H21N3O2S/c1-2-19-13(18)7-11-9-20-14(16-11)15-10-5-6-17(8-10)12-3-4-12/h9-10,12H,2-8H2,1H3,(H,15,16). The van der Waals surface area contributed by atoms with Gasteiger partial charge in [-0.2, -0.15) is 0 Å². The molecule has 1 unspecified atom stereocenters. The van der Waals surface area contributed by atoms with Crippen molar-refractivity contribution in [3.8, 4) is 0 Å². The molecule has 2 aliphatic rings. The zero-order valence-electron chi connectivity index (χ0n) is 11.8. The number of ether oxygens (including phenoxy) is 1. The molecule has 3 rings (SSSR count). The molecular formula is C14H21N3O2S. The maximum atomic E-state index is 11.4. The van der Waals surface area contributed by atoms with Crippen LogP contribution in [0.3, 0.4) is 0 Å². The van der Waals surface area contributed by atoms with Gasteiger partial charge in [-0.05, 0) is 26.2 Å². The van der Waals surface area contributed by atoms with Crippen molar-refractivity contribution < 1.29 is 9.53 Å². The third-order valence-electron chi connectivity index (χ3n) is 3.79. The van der Waals surface area contributed by atoms with Crippen LogP contribution in [-0.2, 0) is 16.0 Å². The molecule has 1 atom stereocenters. The average Bonchev–Trinajstić information content (AvgIpc) is 3.02. The molecule has 2 fully saturated rings. The number of likely N-dealkylation sites (tertiary alicyclic amines) is 1. The molecule has 1 aliphatic carbocycles. The maximum Gasteiger partial charge on any atom is 0.311 e. The fraction of sp³-hybridized carbons (Fsp3) is 0.714. The molecular weight excluding hydrogens is 274 g/mol. The van der Waals surface area contributed by atoms with Crippen LogP contribution in [0.1, 0.15) is 31.9 Å². The molecule has 6 heteroatoms. The molecule has 1 aliphatic heterocycles. The van der Waals surface area contributed by atoms with E-state index in [1.165, 1.54) is 25.8 Å². The van der Waals surface area contributed by atoms with Crippen molar-refractivity contribution in [3.05, 3.63) is 11.1 Å². The number of aromatic nitrogens is 1. The summed E-state index contributed by atoms with van der Waals surface area (Å²) in [5, 5.41) is 6.35. The summed E-state index contributed by atoms with van der Waals surface area (Å²) in [5.74, 6) is -0.204. The first-order valence-corrected chi connectivity index (χ1v) is 8.23. The van der Waals surface area contributed by atoms with E-state index in [0.29, 0.717) is 12.6 Å². The molecule has 1 aromatic rings. The van der Waals surface area contributed by atoms with Gasteiger partial charge in [0, 0.05) is 30.6 Å². The third kappa shape index (κ3) is 3.49. The van der Waals surface area contributed by atoms with Crippen molar-refractivity contribution in [2.45, 2.75) is 44.7 Å². The largest absolute Gasteiger partial charge is 0.466 e. The monoisotopic (exact) mass is 295 g/mol. The summed E-state index contributed by atoms with van der Waals surface area (Å²) in [6.07, 6.45) is 4.19. The summed E-state index contributed by atoms with van der Waals surface area (Å²) in [6, 6.07) is 1.34. The number of nitrogens with zero attached hydrogens (tertiary/aromatic N) is 2. The molecule has 110 valence electrons. The zero-order valence-corrected chi connectivity index (χ0v) is 12.6. The van der Waals surface area contributed by atoms with Gasteiger partial charge in [0.1, 0.15) is 0 Å². The van der Waals surface area contributed by atoms with Crippen LogP contribution in [0.15, 0.2) is 5.38 Å². The van der Waals surface area contributed by atoms with E-state index in [1.54, 1.807) is 11.3 Å². The lowest BCUT2D eigenvalue weighted by molar-refractivity contribution is -0.142. The number of hydrogen-bond acceptors (Lipinski definition) is 6. The Kier molecular flexibility index (Phi) is 4.21. The summed E-state index contributed by atoms with van der Waals surface area (Å²) < 4.78 is 4.93. The normalized spacial score (nSPS) is 22.9. The fourth-order valence-electron chi connectivity index (χ4n) is 2.67. The molecule has 0 bridgehead atoms. The van der Waals surface area contributed by atoms with Crippen LogP contribution >= 0.6 is 11.3 Å². The first kappa shape index (κ1) is 13.8. The van der Waals surface area contributed by atoms with Crippen molar-refractivity contribution in [2.75, 3.05) is 25.0 Å². The minimum absolute atomic E-state index is 0.204. The summed E-state index contributed by atoms with van der Waals surface area (Å²) in [4.78, 5) is 18.5. The smallest absolute Gasteiger partial charge is 0.311 e. The minimum atomic E-state index is -0.204. The molecule has 1 N–H and O–H groups in total. The number of hydrogen-bond donors (Lipinski definition) is 1. The molecule has 0 radical (unpaired) electrons. The van der Waals surface area contributed by atoms with E-state index >= 15 is 0 Å². The van der Waals surface area contributed by atoms with Crippen LogP contribution in [0.25, 0.3) is 0 Å². The molecule has 20 heavy (non-hydrogen) atoms. The Labute approximate surface area is 123 Å². The van der Waals surface area contributed by atoms with Gasteiger partial charge in [0.2, 0.25) is 0 Å². The van der Waals surface area contributed by atoms with Gasteiger partial charge in [0.05, 0.1) is 18.7 Å². The van der Waals surface area contributed by atoms with E-state index in [0.717, 1.165) is 23.4 Å². The highest BCUT2D eigenvalue weighted by Crippen LogP contribution is 2.30. The molecule has 0 amide bonds. The highest BCUT2D eigenvalue weighted by molar-refractivity contribution is 7.13. The van der Waals surface area contributed by atoms with Gasteiger partial charge >= 0.3 is 5.97 Å². The average molecular weight is 295 g/mol. The number of thiazole rings is 1. The summed E-state index contributed by atoms with van der Waals surface area (Å²) in [6.45, 7) is 4.56. The minimum Gasteiger partial charge on any atom is -0.466 e. The number of rotatable bonds is 6. The fourth-order valence-corrected chi connectivity index (χ4v) is 3.45. The van der Waals surface area contributed by atoms with E-state index < -0.39 is 0 Å². The van der Waals surface area contributed by atoms with Crippen molar-refractivity contribution >= 4 is 22.4 Å². The van der Waals surface area contributed by atoms with Crippen LogP contribution in [0.2, 0.25) is 0 Å². The lowest BCUT2D eigenvalue weighted by atomic mass is 10.3. The highest BCUT2D eigenvalue weighted by atomic mass is 32.1. The summed E-state index contributed by atoms with van der Waals surface area (Å²) in [5.41, 5.74) is 0.799. The van der Waals surface area contributed by atoms with Crippen molar-refractivity contribution in [1.29, 1.82) is 0 Å². The molecule has 1 saturated heterocycles. The second-order valence-electron chi connectivity index (χ2n) is 5.48. The van der Waals surface area contributed by atoms with Gasteiger partial charge in [-0.3, -0.25) is 9.69 Å². The maximum absolute atomic E-state index is 11.4. The van der Waals surface area contributed by atoms with Gasteiger partial charge in [0.15, 0.2) is 5.13 Å². The number of carbonyl (C=O) groups is 1.